The van der Waals surface area contributed by atoms with Gasteiger partial charge >= 0.3 is 0 Å². The molecule has 1 N–H and O–H groups in total. The zero-order valence-corrected chi connectivity index (χ0v) is 14.1. The van der Waals surface area contributed by atoms with Crippen LogP contribution in [0, 0.1) is 0 Å². The van der Waals surface area contributed by atoms with Gasteiger partial charge in [-0.1, -0.05) is 59.6 Å². The van der Waals surface area contributed by atoms with Crippen LogP contribution in [0.5, 0.6) is 0 Å². The van der Waals surface area contributed by atoms with Gasteiger partial charge in [-0.3, -0.25) is 9.78 Å². The first-order valence-electron chi connectivity index (χ1n) is 7.37. The van der Waals surface area contributed by atoms with E-state index in [2.05, 4.69) is 10.3 Å². The van der Waals surface area contributed by atoms with Crippen molar-refractivity contribution >= 4 is 29.1 Å². The van der Waals surface area contributed by atoms with Crippen LogP contribution in [0.25, 0.3) is 0 Å². The highest BCUT2D eigenvalue weighted by Crippen LogP contribution is 2.24. The van der Waals surface area contributed by atoms with Crippen molar-refractivity contribution in [2.75, 3.05) is 0 Å². The Morgan fingerprint density at radius 3 is 2.33 bits per heavy atom. The van der Waals surface area contributed by atoms with E-state index in [0.29, 0.717) is 15.6 Å². The van der Waals surface area contributed by atoms with Gasteiger partial charge in [0, 0.05) is 11.8 Å². The van der Waals surface area contributed by atoms with E-state index >= 15 is 0 Å². The Morgan fingerprint density at radius 2 is 1.67 bits per heavy atom. The molecule has 1 amide bonds. The number of hydrogen-bond donors (Lipinski definition) is 1. The SMILES string of the molecule is O=C(N[C@@H](c1ccccc1)c1ccccn1)c1ccc(Cl)c(Cl)c1. The molecule has 0 aliphatic rings. The summed E-state index contributed by atoms with van der Waals surface area (Å²) >= 11 is 11.9. The molecule has 0 unspecified atom stereocenters. The molecule has 3 rings (SSSR count). The number of benzene rings is 2. The predicted octanol–water partition coefficient (Wildman–Crippen LogP) is 4.91. The van der Waals surface area contributed by atoms with Crippen LogP contribution in [0.2, 0.25) is 10.0 Å². The lowest BCUT2D eigenvalue weighted by atomic mass is 10.0. The van der Waals surface area contributed by atoms with Crippen molar-refractivity contribution in [3.63, 3.8) is 0 Å². The van der Waals surface area contributed by atoms with Gasteiger partial charge in [0.15, 0.2) is 0 Å². The number of carbonyl (C=O) groups excluding carboxylic acids is 1. The lowest BCUT2D eigenvalue weighted by Crippen LogP contribution is -2.29. The minimum Gasteiger partial charge on any atom is -0.340 e. The van der Waals surface area contributed by atoms with Gasteiger partial charge in [0.25, 0.3) is 5.91 Å². The highest BCUT2D eigenvalue weighted by Gasteiger charge is 2.19. The Hall–Kier alpha value is -2.36. The maximum absolute atomic E-state index is 12.6. The molecule has 5 heteroatoms. The molecule has 1 aromatic heterocycles. The fourth-order valence-corrected chi connectivity index (χ4v) is 2.67. The topological polar surface area (TPSA) is 42.0 Å². The minimum absolute atomic E-state index is 0.243. The first-order chi connectivity index (χ1) is 11.6. The molecule has 0 aliphatic carbocycles. The van der Waals surface area contributed by atoms with E-state index in [1.165, 1.54) is 0 Å². The molecule has 0 aliphatic heterocycles. The molecule has 0 fully saturated rings. The summed E-state index contributed by atoms with van der Waals surface area (Å²) in [5, 5.41) is 3.77. The van der Waals surface area contributed by atoms with Crippen molar-refractivity contribution in [1.82, 2.24) is 10.3 Å². The Labute approximate surface area is 150 Å². The summed E-state index contributed by atoms with van der Waals surface area (Å²) in [5.41, 5.74) is 2.16. The monoisotopic (exact) mass is 356 g/mol. The predicted molar refractivity (Wildman–Crippen MR) is 96.5 cm³/mol. The second-order valence-corrected chi connectivity index (χ2v) is 6.02. The highest BCUT2D eigenvalue weighted by molar-refractivity contribution is 6.42. The van der Waals surface area contributed by atoms with E-state index in [0.717, 1.165) is 11.3 Å². The van der Waals surface area contributed by atoms with Crippen molar-refractivity contribution in [2.45, 2.75) is 6.04 Å². The first-order valence-corrected chi connectivity index (χ1v) is 8.12. The van der Waals surface area contributed by atoms with E-state index in [1.54, 1.807) is 24.4 Å². The Kier molecular flexibility index (Phi) is 5.14. The largest absolute Gasteiger partial charge is 0.340 e. The van der Waals surface area contributed by atoms with Crippen LogP contribution in [0.4, 0.5) is 0 Å². The molecule has 2 aromatic carbocycles. The lowest BCUT2D eigenvalue weighted by molar-refractivity contribution is 0.0942. The number of nitrogens with zero attached hydrogens (tertiary/aromatic N) is 1. The van der Waals surface area contributed by atoms with Crippen LogP contribution in [0.15, 0.2) is 72.9 Å². The fraction of sp³-hybridized carbons (Fsp3) is 0.0526. The Balaban J connectivity index is 1.92. The molecular weight excluding hydrogens is 343 g/mol. The second kappa shape index (κ2) is 7.47. The molecule has 0 saturated heterocycles. The zero-order chi connectivity index (χ0) is 16.9. The third kappa shape index (κ3) is 3.75. The summed E-state index contributed by atoms with van der Waals surface area (Å²) in [7, 11) is 0. The summed E-state index contributed by atoms with van der Waals surface area (Å²) in [6.07, 6.45) is 1.70. The molecule has 0 radical (unpaired) electrons. The average Bonchev–Trinajstić information content (AvgIpc) is 2.63. The number of amides is 1. The second-order valence-electron chi connectivity index (χ2n) is 5.20. The van der Waals surface area contributed by atoms with Gasteiger partial charge in [-0.15, -0.1) is 0 Å². The standard InChI is InChI=1S/C19H14Cl2N2O/c20-15-10-9-14(12-16(15)21)19(24)23-18(13-6-2-1-3-7-13)17-8-4-5-11-22-17/h1-12,18H,(H,23,24)/t18-/m0/s1. The summed E-state index contributed by atoms with van der Waals surface area (Å²) in [5.74, 6) is -0.243. The quantitative estimate of drug-likeness (QED) is 0.721. The summed E-state index contributed by atoms with van der Waals surface area (Å²) in [6.45, 7) is 0. The number of carbonyl (C=O) groups is 1. The molecule has 24 heavy (non-hydrogen) atoms. The van der Waals surface area contributed by atoms with Gasteiger partial charge < -0.3 is 5.32 Å². The minimum atomic E-state index is -0.352. The molecule has 0 spiro atoms. The van der Waals surface area contributed by atoms with Gasteiger partial charge in [0.1, 0.15) is 0 Å². The molecule has 1 heterocycles. The van der Waals surface area contributed by atoms with Crippen LogP contribution in [-0.2, 0) is 0 Å². The molecular formula is C19H14Cl2N2O. The number of aromatic nitrogens is 1. The number of halogens is 2. The Morgan fingerprint density at radius 1 is 0.917 bits per heavy atom. The van der Waals surface area contributed by atoms with E-state index in [4.69, 9.17) is 23.2 Å². The number of nitrogens with one attached hydrogen (secondary N) is 1. The highest BCUT2D eigenvalue weighted by atomic mass is 35.5. The van der Waals surface area contributed by atoms with Gasteiger partial charge in [-0.25, -0.2) is 0 Å². The van der Waals surface area contributed by atoms with E-state index < -0.39 is 0 Å². The smallest absolute Gasteiger partial charge is 0.252 e. The molecule has 3 aromatic rings. The maximum atomic E-state index is 12.6. The number of pyridine rings is 1. The average molecular weight is 357 g/mol. The lowest BCUT2D eigenvalue weighted by Gasteiger charge is -2.19. The summed E-state index contributed by atoms with van der Waals surface area (Å²) in [6, 6.07) is 19.8. The molecule has 0 bridgehead atoms. The van der Waals surface area contributed by atoms with Crippen molar-refractivity contribution in [2.24, 2.45) is 0 Å². The van der Waals surface area contributed by atoms with Crippen molar-refractivity contribution in [3.8, 4) is 0 Å². The van der Waals surface area contributed by atoms with Crippen LogP contribution >= 0.6 is 23.2 Å². The summed E-state index contributed by atoms with van der Waals surface area (Å²) < 4.78 is 0. The van der Waals surface area contributed by atoms with Crippen LogP contribution < -0.4 is 5.32 Å². The van der Waals surface area contributed by atoms with E-state index in [-0.39, 0.29) is 11.9 Å². The van der Waals surface area contributed by atoms with Gasteiger partial charge in [-0.2, -0.15) is 0 Å². The van der Waals surface area contributed by atoms with E-state index in [9.17, 15) is 4.79 Å². The Bertz CT molecular complexity index is 799. The zero-order valence-electron chi connectivity index (χ0n) is 12.6. The maximum Gasteiger partial charge on any atom is 0.252 e. The third-order valence-electron chi connectivity index (χ3n) is 3.57. The molecule has 1 atom stereocenters. The molecule has 0 saturated carbocycles. The van der Waals surface area contributed by atoms with Crippen molar-refractivity contribution in [3.05, 3.63) is 99.8 Å². The van der Waals surface area contributed by atoms with Gasteiger partial charge in [-0.05, 0) is 35.9 Å². The molecule has 120 valence electrons. The van der Waals surface area contributed by atoms with Gasteiger partial charge in [0.2, 0.25) is 0 Å². The van der Waals surface area contributed by atoms with Crippen LogP contribution in [0.1, 0.15) is 27.7 Å². The van der Waals surface area contributed by atoms with Crippen LogP contribution in [0.3, 0.4) is 0 Å². The van der Waals surface area contributed by atoms with Crippen molar-refractivity contribution in [1.29, 1.82) is 0 Å². The van der Waals surface area contributed by atoms with Crippen LogP contribution in [-0.4, -0.2) is 10.9 Å². The normalized spacial score (nSPS) is 11.8. The third-order valence-corrected chi connectivity index (χ3v) is 4.31. The summed E-state index contributed by atoms with van der Waals surface area (Å²) in [4.78, 5) is 17.0. The first kappa shape index (κ1) is 16.5. The number of rotatable bonds is 4. The number of hydrogen-bond acceptors (Lipinski definition) is 2. The molecule has 3 nitrogen and oxygen atoms in total. The van der Waals surface area contributed by atoms with Gasteiger partial charge in [0.05, 0.1) is 21.8 Å². The van der Waals surface area contributed by atoms with E-state index in [1.807, 2.05) is 48.5 Å². The van der Waals surface area contributed by atoms with Crippen molar-refractivity contribution < 1.29 is 4.79 Å². The fourth-order valence-electron chi connectivity index (χ4n) is 2.37.